The number of aliphatic hydroxyl groups excluding tert-OH is 1. The smallest absolute Gasteiger partial charge is 0.416 e. The number of fused-ring (bicyclic) bond motifs is 1. The normalized spacial score (nSPS) is 19.4. The average Bonchev–Trinajstić information content (AvgIpc) is 3.21. The van der Waals surface area contributed by atoms with E-state index in [1.807, 2.05) is 29.6 Å². The average molecular weight is 393 g/mol. The van der Waals surface area contributed by atoms with Gasteiger partial charge in [0.05, 0.1) is 12.2 Å². The Morgan fingerprint density at radius 3 is 2.67 bits per heavy atom. The van der Waals surface area contributed by atoms with Crippen molar-refractivity contribution in [2.45, 2.75) is 12.8 Å². The maximum absolute atomic E-state index is 13.2. The van der Waals surface area contributed by atoms with Crippen LogP contribution in [0.5, 0.6) is 5.75 Å². The summed E-state index contributed by atoms with van der Waals surface area (Å²) in [5, 5.41) is 12.4. The number of hydrogen-bond acceptors (Lipinski definition) is 4. The molecule has 1 unspecified atom stereocenters. The SMILES string of the molecule is OCc1cc(C(F)(F)F)ccc1[N+]1(c2nccs2)CCOc2ccccc21. The zero-order valence-electron chi connectivity index (χ0n) is 14.1. The van der Waals surface area contributed by atoms with Gasteiger partial charge in [0.1, 0.15) is 13.2 Å². The zero-order chi connectivity index (χ0) is 19.1. The van der Waals surface area contributed by atoms with Gasteiger partial charge in [0, 0.05) is 29.3 Å². The Bertz CT molecular complexity index is 960. The first-order valence-corrected chi connectivity index (χ1v) is 9.17. The molecule has 2 aromatic carbocycles. The van der Waals surface area contributed by atoms with Gasteiger partial charge in [0.2, 0.25) is 0 Å². The minimum atomic E-state index is -4.47. The molecule has 1 N–H and O–H groups in total. The maximum atomic E-state index is 13.2. The van der Waals surface area contributed by atoms with Crippen molar-refractivity contribution in [2.75, 3.05) is 13.2 Å². The largest absolute Gasteiger partial charge is 0.481 e. The molecule has 4 nitrogen and oxygen atoms in total. The van der Waals surface area contributed by atoms with Crippen LogP contribution < -0.4 is 9.22 Å². The van der Waals surface area contributed by atoms with Crippen molar-refractivity contribution in [1.82, 2.24) is 9.47 Å². The Morgan fingerprint density at radius 2 is 1.96 bits per heavy atom. The van der Waals surface area contributed by atoms with Crippen LogP contribution >= 0.6 is 11.3 Å². The summed E-state index contributed by atoms with van der Waals surface area (Å²) < 4.78 is 45.4. The van der Waals surface area contributed by atoms with Crippen LogP contribution in [0.25, 0.3) is 0 Å². The number of nitrogens with zero attached hydrogens (tertiary/aromatic N) is 2. The third-order valence-electron chi connectivity index (χ3n) is 4.70. The lowest BCUT2D eigenvalue weighted by molar-refractivity contribution is -0.137. The second-order valence-electron chi connectivity index (χ2n) is 6.16. The van der Waals surface area contributed by atoms with E-state index in [1.54, 1.807) is 6.20 Å². The third kappa shape index (κ3) is 2.90. The molecule has 0 amide bonds. The monoisotopic (exact) mass is 393 g/mol. The summed E-state index contributed by atoms with van der Waals surface area (Å²) in [6.45, 7) is 0.332. The van der Waals surface area contributed by atoms with Crippen molar-refractivity contribution in [1.29, 1.82) is 0 Å². The highest BCUT2D eigenvalue weighted by Crippen LogP contribution is 2.52. The second-order valence-corrected chi connectivity index (χ2v) is 7.04. The number of thiazole rings is 1. The topological polar surface area (TPSA) is 42.4 Å². The lowest BCUT2D eigenvalue weighted by Gasteiger charge is -2.39. The van der Waals surface area contributed by atoms with Gasteiger partial charge >= 0.3 is 6.18 Å². The molecule has 0 saturated heterocycles. The number of quaternary nitrogens is 1. The predicted octanol–water partition coefficient (Wildman–Crippen LogP) is 5.02. The minimum absolute atomic E-state index is 0.113. The van der Waals surface area contributed by atoms with Gasteiger partial charge in [-0.2, -0.15) is 22.6 Å². The van der Waals surface area contributed by atoms with Gasteiger partial charge in [-0.3, -0.25) is 0 Å². The number of benzene rings is 2. The first kappa shape index (κ1) is 18.0. The standard InChI is InChI=1S/C19H16F3N2O2S/c20-19(21,22)14-5-6-15(13(11-14)12-25)24(18-23-7-10-27-18)8-9-26-17-4-2-1-3-16(17)24/h1-7,10-11,25H,8-9,12H2/q+1. The molecule has 8 heteroatoms. The van der Waals surface area contributed by atoms with Crippen LogP contribution in [0.2, 0.25) is 0 Å². The zero-order valence-corrected chi connectivity index (χ0v) is 14.9. The van der Waals surface area contributed by atoms with E-state index in [0.29, 0.717) is 29.7 Å². The van der Waals surface area contributed by atoms with E-state index in [-0.39, 0.29) is 10.0 Å². The van der Waals surface area contributed by atoms with Crippen LogP contribution in [0.15, 0.2) is 54.0 Å². The Hall–Kier alpha value is -2.42. The molecule has 1 aromatic heterocycles. The van der Waals surface area contributed by atoms with E-state index in [0.717, 1.165) is 17.8 Å². The van der Waals surface area contributed by atoms with E-state index >= 15 is 0 Å². The van der Waals surface area contributed by atoms with Crippen LogP contribution in [0.1, 0.15) is 11.1 Å². The third-order valence-corrected chi connectivity index (χ3v) is 5.58. The molecule has 0 aliphatic carbocycles. The number of aromatic nitrogens is 1. The summed E-state index contributed by atoms with van der Waals surface area (Å²) in [6, 6.07) is 10.9. The number of hydrogen-bond donors (Lipinski definition) is 1. The molecule has 0 bridgehead atoms. The van der Waals surface area contributed by atoms with Crippen LogP contribution in [0.3, 0.4) is 0 Å². The van der Waals surface area contributed by atoms with E-state index in [1.165, 1.54) is 17.4 Å². The van der Waals surface area contributed by atoms with E-state index in [9.17, 15) is 18.3 Å². The molecule has 1 aliphatic rings. The van der Waals surface area contributed by atoms with Gasteiger partial charge in [0.25, 0.3) is 5.13 Å². The van der Waals surface area contributed by atoms with Crippen LogP contribution in [-0.2, 0) is 12.8 Å². The van der Waals surface area contributed by atoms with E-state index in [4.69, 9.17) is 4.74 Å². The highest BCUT2D eigenvalue weighted by Gasteiger charge is 2.45. The van der Waals surface area contributed by atoms with Crippen molar-refractivity contribution in [3.05, 3.63) is 65.2 Å². The maximum Gasteiger partial charge on any atom is 0.416 e. The number of para-hydroxylation sites is 2. The quantitative estimate of drug-likeness (QED) is 0.636. The number of rotatable bonds is 3. The molecule has 4 rings (SSSR count). The van der Waals surface area contributed by atoms with Gasteiger partial charge in [-0.05, 0) is 18.2 Å². The van der Waals surface area contributed by atoms with Crippen molar-refractivity contribution < 1.29 is 23.0 Å². The highest BCUT2D eigenvalue weighted by molar-refractivity contribution is 7.13. The second kappa shape index (κ2) is 6.63. The Morgan fingerprint density at radius 1 is 1.15 bits per heavy atom. The molecule has 2 heterocycles. The molecule has 3 aromatic rings. The summed E-state index contributed by atoms with van der Waals surface area (Å²) in [6.07, 6.45) is -2.81. The number of ether oxygens (including phenoxy) is 1. The first-order chi connectivity index (χ1) is 13.0. The molecule has 1 atom stereocenters. The Kier molecular flexibility index (Phi) is 4.41. The van der Waals surface area contributed by atoms with E-state index in [2.05, 4.69) is 4.98 Å². The lowest BCUT2D eigenvalue weighted by Crippen LogP contribution is -2.46. The highest BCUT2D eigenvalue weighted by atomic mass is 32.1. The number of alkyl halides is 3. The minimum Gasteiger partial charge on any atom is -0.481 e. The Labute approximate surface area is 157 Å². The lowest BCUT2D eigenvalue weighted by atomic mass is 10.0. The summed E-state index contributed by atoms with van der Waals surface area (Å²) in [5.74, 6) is 0.655. The van der Waals surface area contributed by atoms with Crippen LogP contribution in [-0.4, -0.2) is 23.2 Å². The first-order valence-electron chi connectivity index (χ1n) is 8.29. The predicted molar refractivity (Wildman–Crippen MR) is 97.4 cm³/mol. The van der Waals surface area contributed by atoms with E-state index < -0.39 is 18.3 Å². The van der Waals surface area contributed by atoms with Crippen LogP contribution in [0, 0.1) is 0 Å². The summed E-state index contributed by atoms with van der Waals surface area (Å²) in [7, 11) is 0. The summed E-state index contributed by atoms with van der Waals surface area (Å²) in [4.78, 5) is 4.47. The van der Waals surface area contributed by atoms with Gasteiger partial charge in [0.15, 0.2) is 17.1 Å². The molecular weight excluding hydrogens is 377 g/mol. The van der Waals surface area contributed by atoms with Crippen LogP contribution in [0.4, 0.5) is 29.7 Å². The van der Waals surface area contributed by atoms with Gasteiger partial charge in [-0.25, -0.2) is 0 Å². The molecule has 140 valence electrons. The molecule has 0 spiro atoms. The van der Waals surface area contributed by atoms with Gasteiger partial charge in [-0.15, -0.1) is 0 Å². The van der Waals surface area contributed by atoms with Crippen molar-refractivity contribution in [2.24, 2.45) is 0 Å². The van der Waals surface area contributed by atoms with Gasteiger partial charge in [-0.1, -0.05) is 23.5 Å². The van der Waals surface area contributed by atoms with Crippen molar-refractivity contribution >= 4 is 27.8 Å². The summed E-state index contributed by atoms with van der Waals surface area (Å²) >= 11 is 1.42. The molecule has 0 saturated carbocycles. The molecule has 0 fully saturated rings. The van der Waals surface area contributed by atoms with Crippen molar-refractivity contribution in [3.8, 4) is 5.75 Å². The number of aliphatic hydroxyl groups is 1. The Balaban J connectivity index is 2.01. The fraction of sp³-hybridized carbons (Fsp3) is 0.211. The molecule has 1 aliphatic heterocycles. The number of halogens is 3. The van der Waals surface area contributed by atoms with Gasteiger partial charge < -0.3 is 9.84 Å². The van der Waals surface area contributed by atoms with Crippen molar-refractivity contribution in [3.63, 3.8) is 0 Å². The summed E-state index contributed by atoms with van der Waals surface area (Å²) in [5.41, 5.74) is 0.787. The fourth-order valence-corrected chi connectivity index (χ4v) is 4.36. The molecule has 27 heavy (non-hydrogen) atoms. The molecular formula is C19H16F3N2O2S+. The molecule has 0 radical (unpaired) electrons. The fourth-order valence-electron chi connectivity index (χ4n) is 3.52.